The molecule has 0 aliphatic rings. The summed E-state index contributed by atoms with van der Waals surface area (Å²) < 4.78 is 16.1. The van der Waals surface area contributed by atoms with Crippen LogP contribution in [0.15, 0.2) is 48.1 Å². The van der Waals surface area contributed by atoms with Gasteiger partial charge in [0, 0.05) is 5.56 Å². The van der Waals surface area contributed by atoms with Crippen molar-refractivity contribution < 1.29 is 19.0 Å². The number of methoxy groups -OCH3 is 1. The molecule has 0 saturated heterocycles. The Morgan fingerprint density at radius 2 is 1.89 bits per heavy atom. The molecule has 0 spiro atoms. The Kier molecular flexibility index (Phi) is 8.17. The van der Waals surface area contributed by atoms with E-state index in [9.17, 15) is 4.79 Å². The highest BCUT2D eigenvalue weighted by molar-refractivity contribution is 6.37. The Morgan fingerprint density at radius 3 is 2.50 bits per heavy atom. The molecule has 0 radical (unpaired) electrons. The van der Waals surface area contributed by atoms with Crippen LogP contribution in [0.1, 0.15) is 22.8 Å². The zero-order chi connectivity index (χ0) is 20.5. The molecule has 0 fully saturated rings. The van der Waals surface area contributed by atoms with E-state index in [4.69, 9.17) is 37.4 Å². The number of rotatable bonds is 9. The van der Waals surface area contributed by atoms with E-state index < -0.39 is 5.91 Å². The lowest BCUT2D eigenvalue weighted by Gasteiger charge is -2.10. The summed E-state index contributed by atoms with van der Waals surface area (Å²) in [4.78, 5) is 12.3. The molecule has 2 aromatic carbocycles. The van der Waals surface area contributed by atoms with Crippen molar-refractivity contribution in [2.24, 2.45) is 5.10 Å². The Bertz CT molecular complexity index is 861. The fourth-order valence-corrected chi connectivity index (χ4v) is 2.86. The van der Waals surface area contributed by atoms with Gasteiger partial charge in [0.15, 0.2) is 17.2 Å². The Hall–Kier alpha value is -2.70. The van der Waals surface area contributed by atoms with E-state index in [0.29, 0.717) is 45.0 Å². The molecular weight excluding hydrogens is 403 g/mol. The molecular formula is C20H20Cl2N2O4. The Balaban J connectivity index is 2.08. The molecule has 2 aromatic rings. The minimum atomic E-state index is -0.402. The van der Waals surface area contributed by atoms with Crippen molar-refractivity contribution in [1.82, 2.24) is 5.43 Å². The van der Waals surface area contributed by atoms with E-state index in [1.54, 1.807) is 36.4 Å². The number of hydrazone groups is 1. The first-order valence-corrected chi connectivity index (χ1v) is 9.12. The quantitative estimate of drug-likeness (QED) is 0.360. The number of ether oxygens (including phenoxy) is 3. The normalized spacial score (nSPS) is 10.6. The lowest BCUT2D eigenvalue weighted by Crippen LogP contribution is -2.17. The second-order valence-electron chi connectivity index (χ2n) is 5.41. The van der Waals surface area contributed by atoms with Gasteiger partial charge in [0.25, 0.3) is 5.91 Å². The molecule has 8 heteroatoms. The van der Waals surface area contributed by atoms with Crippen LogP contribution >= 0.6 is 23.2 Å². The summed E-state index contributed by atoms with van der Waals surface area (Å²) in [6.45, 7) is 6.22. The predicted molar refractivity (Wildman–Crippen MR) is 111 cm³/mol. The minimum Gasteiger partial charge on any atom is -0.493 e. The van der Waals surface area contributed by atoms with Crippen LogP contribution in [0, 0.1) is 0 Å². The van der Waals surface area contributed by atoms with Gasteiger partial charge >= 0.3 is 0 Å². The van der Waals surface area contributed by atoms with Crippen molar-refractivity contribution in [2.75, 3.05) is 20.3 Å². The van der Waals surface area contributed by atoms with Crippen molar-refractivity contribution in [3.63, 3.8) is 0 Å². The van der Waals surface area contributed by atoms with Gasteiger partial charge in [0.2, 0.25) is 0 Å². The summed E-state index contributed by atoms with van der Waals surface area (Å²) in [7, 11) is 1.51. The van der Waals surface area contributed by atoms with E-state index in [0.717, 1.165) is 0 Å². The second kappa shape index (κ2) is 10.6. The highest BCUT2D eigenvalue weighted by Gasteiger charge is 2.11. The maximum Gasteiger partial charge on any atom is 0.271 e. The molecule has 0 unspecified atom stereocenters. The average Bonchev–Trinajstić information content (AvgIpc) is 2.68. The van der Waals surface area contributed by atoms with Crippen LogP contribution in [0.2, 0.25) is 10.0 Å². The number of nitrogens with one attached hydrogen (secondary N) is 1. The largest absolute Gasteiger partial charge is 0.493 e. The van der Waals surface area contributed by atoms with Crippen LogP contribution in [-0.4, -0.2) is 32.4 Å². The van der Waals surface area contributed by atoms with E-state index in [2.05, 4.69) is 17.1 Å². The molecule has 1 N–H and O–H groups in total. The van der Waals surface area contributed by atoms with Gasteiger partial charge < -0.3 is 14.2 Å². The Morgan fingerprint density at radius 1 is 1.18 bits per heavy atom. The fourth-order valence-electron chi connectivity index (χ4n) is 2.25. The van der Waals surface area contributed by atoms with Crippen molar-refractivity contribution in [1.29, 1.82) is 0 Å². The number of hydrogen-bond donors (Lipinski definition) is 1. The Labute approximate surface area is 173 Å². The first-order valence-electron chi connectivity index (χ1n) is 8.37. The lowest BCUT2D eigenvalue weighted by molar-refractivity contribution is 0.0954. The topological polar surface area (TPSA) is 69.2 Å². The number of nitrogens with zero attached hydrogens (tertiary/aromatic N) is 1. The van der Waals surface area contributed by atoms with Gasteiger partial charge in [0.05, 0.1) is 30.0 Å². The van der Waals surface area contributed by atoms with Gasteiger partial charge in [-0.05, 0) is 42.8 Å². The monoisotopic (exact) mass is 422 g/mol. The van der Waals surface area contributed by atoms with E-state index in [1.807, 2.05) is 6.92 Å². The standard InChI is InChI=1S/C20H20Cl2N2O4/c1-4-8-28-19-15(21)9-13(10-16(19)22)12-23-24-20(25)14-6-7-17(27-5-2)18(11-14)26-3/h4,6-7,9-12H,1,5,8H2,2-3H3,(H,24,25)/b23-12+. The third kappa shape index (κ3) is 5.65. The summed E-state index contributed by atoms with van der Waals surface area (Å²) in [6, 6.07) is 8.12. The number of hydrogen-bond acceptors (Lipinski definition) is 5. The smallest absolute Gasteiger partial charge is 0.271 e. The number of carbonyl (C=O) groups is 1. The van der Waals surface area contributed by atoms with Gasteiger partial charge in [-0.3, -0.25) is 4.79 Å². The predicted octanol–water partition coefficient (Wildman–Crippen LogP) is 4.73. The van der Waals surface area contributed by atoms with Gasteiger partial charge in [0.1, 0.15) is 6.61 Å². The highest BCUT2D eigenvalue weighted by Crippen LogP contribution is 2.33. The van der Waals surface area contributed by atoms with E-state index in [-0.39, 0.29) is 6.61 Å². The molecule has 28 heavy (non-hydrogen) atoms. The molecule has 1 amide bonds. The van der Waals surface area contributed by atoms with Crippen LogP contribution in [-0.2, 0) is 0 Å². The fraction of sp³-hybridized carbons (Fsp3) is 0.200. The molecule has 148 valence electrons. The summed E-state index contributed by atoms with van der Waals surface area (Å²) in [5.41, 5.74) is 3.42. The summed E-state index contributed by atoms with van der Waals surface area (Å²) in [5.74, 6) is 0.992. The van der Waals surface area contributed by atoms with Gasteiger partial charge in [-0.2, -0.15) is 5.10 Å². The molecule has 0 saturated carbocycles. The average molecular weight is 423 g/mol. The molecule has 0 atom stereocenters. The van der Waals surface area contributed by atoms with Crippen molar-refractivity contribution in [2.45, 2.75) is 6.92 Å². The second-order valence-corrected chi connectivity index (χ2v) is 6.23. The molecule has 0 aliphatic heterocycles. The maximum absolute atomic E-state index is 12.3. The van der Waals surface area contributed by atoms with Crippen LogP contribution in [0.4, 0.5) is 0 Å². The number of amides is 1. The highest BCUT2D eigenvalue weighted by atomic mass is 35.5. The third-order valence-electron chi connectivity index (χ3n) is 3.47. The van der Waals surface area contributed by atoms with Crippen molar-refractivity contribution in [3.8, 4) is 17.2 Å². The van der Waals surface area contributed by atoms with E-state index in [1.165, 1.54) is 13.3 Å². The summed E-state index contributed by atoms with van der Waals surface area (Å²) in [6.07, 6.45) is 3.02. The van der Waals surface area contributed by atoms with Gasteiger partial charge in [-0.25, -0.2) is 5.43 Å². The van der Waals surface area contributed by atoms with Gasteiger partial charge in [-0.1, -0.05) is 35.9 Å². The molecule has 6 nitrogen and oxygen atoms in total. The van der Waals surface area contributed by atoms with Crippen LogP contribution in [0.5, 0.6) is 17.2 Å². The van der Waals surface area contributed by atoms with E-state index >= 15 is 0 Å². The minimum absolute atomic E-state index is 0.286. The van der Waals surface area contributed by atoms with Crippen LogP contribution in [0.3, 0.4) is 0 Å². The molecule has 0 bridgehead atoms. The van der Waals surface area contributed by atoms with Crippen molar-refractivity contribution >= 4 is 35.3 Å². The molecule has 0 aliphatic carbocycles. The number of carbonyl (C=O) groups excluding carboxylic acids is 1. The van der Waals surface area contributed by atoms with Crippen LogP contribution in [0.25, 0.3) is 0 Å². The zero-order valence-electron chi connectivity index (χ0n) is 15.5. The summed E-state index contributed by atoms with van der Waals surface area (Å²) in [5, 5.41) is 4.60. The first-order chi connectivity index (χ1) is 13.5. The third-order valence-corrected chi connectivity index (χ3v) is 4.03. The molecule has 2 rings (SSSR count). The first kappa shape index (κ1) is 21.6. The number of halogens is 2. The van der Waals surface area contributed by atoms with Gasteiger partial charge in [-0.15, -0.1) is 0 Å². The van der Waals surface area contributed by atoms with Crippen LogP contribution < -0.4 is 19.6 Å². The molecule has 0 aromatic heterocycles. The number of benzene rings is 2. The zero-order valence-corrected chi connectivity index (χ0v) is 17.0. The SMILES string of the molecule is C=CCOc1c(Cl)cc(/C=N/NC(=O)c2ccc(OCC)c(OC)c2)cc1Cl. The molecule has 0 heterocycles. The summed E-state index contributed by atoms with van der Waals surface area (Å²) >= 11 is 12.3. The van der Waals surface area contributed by atoms with Crippen molar-refractivity contribution in [3.05, 3.63) is 64.2 Å². The maximum atomic E-state index is 12.3. The lowest BCUT2D eigenvalue weighted by atomic mass is 10.2.